The molecule has 0 radical (unpaired) electrons. The lowest BCUT2D eigenvalue weighted by Gasteiger charge is -2.05. The molecule has 16 heavy (non-hydrogen) atoms. The largest absolute Gasteiger partial charge is 0.283 e. The fourth-order valence-corrected chi connectivity index (χ4v) is 1.40. The smallest absolute Gasteiger partial charge is 0.258 e. The van der Waals surface area contributed by atoms with Gasteiger partial charge in [-0.15, -0.1) is 0 Å². The van der Waals surface area contributed by atoms with Crippen LogP contribution in [0.2, 0.25) is 0 Å². The van der Waals surface area contributed by atoms with E-state index in [1.165, 1.54) is 6.07 Å². The number of nitrogens with zero attached hydrogens (tertiary/aromatic N) is 3. The Hall–Kier alpha value is -1.62. The Bertz CT molecular complexity index is 473. The van der Waals surface area contributed by atoms with Crippen molar-refractivity contribution in [1.82, 2.24) is 4.98 Å². The van der Waals surface area contributed by atoms with Crippen LogP contribution in [0.1, 0.15) is 23.4 Å². The monoisotopic (exact) mass is 291 g/mol. The Morgan fingerprint density at radius 2 is 2.31 bits per heavy atom. The summed E-state index contributed by atoms with van der Waals surface area (Å²) in [5, 5.41) is 19.3. The molecule has 0 N–H and O–H groups in total. The zero-order valence-corrected chi connectivity index (χ0v) is 9.24. The second kappa shape index (κ2) is 4.94. The molecule has 0 spiro atoms. The first-order valence-electron chi connectivity index (χ1n) is 3.93. The Morgan fingerprint density at radius 3 is 2.69 bits per heavy atom. The Morgan fingerprint density at radius 1 is 1.69 bits per heavy atom. The van der Waals surface area contributed by atoms with Crippen LogP contribution in [0, 0.1) is 21.4 Å². The quantitative estimate of drug-likeness (QED) is 0.487. The van der Waals surface area contributed by atoms with Gasteiger partial charge in [0.2, 0.25) is 0 Å². The van der Waals surface area contributed by atoms with Gasteiger partial charge in [-0.25, -0.2) is 13.8 Å². The van der Waals surface area contributed by atoms with E-state index in [4.69, 9.17) is 5.26 Å². The van der Waals surface area contributed by atoms with Crippen molar-refractivity contribution in [2.45, 2.75) is 11.8 Å². The fraction of sp³-hybridized carbons (Fsp3) is 0.250. The molecule has 8 heteroatoms. The molecule has 0 unspecified atom stereocenters. The van der Waals surface area contributed by atoms with Crippen LogP contribution in [-0.4, -0.2) is 9.91 Å². The van der Waals surface area contributed by atoms with Gasteiger partial charge in [-0.3, -0.25) is 10.1 Å². The lowest BCUT2D eigenvalue weighted by atomic mass is 10.1. The van der Waals surface area contributed by atoms with Gasteiger partial charge in [-0.05, 0) is 0 Å². The zero-order chi connectivity index (χ0) is 12.3. The number of hydrogen-bond donors (Lipinski definition) is 0. The van der Waals surface area contributed by atoms with Crippen LogP contribution >= 0.6 is 15.9 Å². The third-order valence-electron chi connectivity index (χ3n) is 1.75. The molecular weight excluding hydrogens is 288 g/mol. The summed E-state index contributed by atoms with van der Waals surface area (Å²) in [6.45, 7) is 0. The van der Waals surface area contributed by atoms with E-state index >= 15 is 0 Å². The van der Waals surface area contributed by atoms with Crippen molar-refractivity contribution in [2.75, 3.05) is 0 Å². The van der Waals surface area contributed by atoms with E-state index in [2.05, 4.69) is 20.9 Å². The molecule has 0 saturated heterocycles. The summed E-state index contributed by atoms with van der Waals surface area (Å²) in [5.41, 5.74) is -2.17. The van der Waals surface area contributed by atoms with E-state index in [-0.39, 0.29) is 11.0 Å². The van der Waals surface area contributed by atoms with Gasteiger partial charge in [0.25, 0.3) is 12.1 Å². The van der Waals surface area contributed by atoms with E-state index in [0.717, 1.165) is 6.07 Å². The van der Waals surface area contributed by atoms with Crippen molar-refractivity contribution >= 4 is 21.6 Å². The first kappa shape index (κ1) is 12.4. The molecule has 1 aromatic rings. The number of hydrogen-bond acceptors (Lipinski definition) is 4. The lowest BCUT2D eigenvalue weighted by molar-refractivity contribution is -0.386. The maximum atomic E-state index is 12.6. The highest BCUT2D eigenvalue weighted by Crippen LogP contribution is 2.31. The Balaban J connectivity index is 3.55. The average Bonchev–Trinajstić information content (AvgIpc) is 2.26. The van der Waals surface area contributed by atoms with Crippen LogP contribution in [0.25, 0.3) is 0 Å². The molecule has 0 atom stereocenters. The van der Waals surface area contributed by atoms with Crippen LogP contribution in [0.4, 0.5) is 14.5 Å². The summed E-state index contributed by atoms with van der Waals surface area (Å²) in [4.78, 5) is 13.2. The molecular formula is C8H4BrF2N3O2. The lowest BCUT2D eigenvalue weighted by Crippen LogP contribution is -2.04. The Kier molecular flexibility index (Phi) is 3.84. The maximum Gasteiger partial charge on any atom is 0.283 e. The minimum atomic E-state index is -3.10. The number of nitriles is 1. The predicted molar refractivity (Wildman–Crippen MR) is 53.2 cm³/mol. The molecule has 0 aliphatic heterocycles. The molecule has 1 aromatic heterocycles. The van der Waals surface area contributed by atoms with Gasteiger partial charge in [-0.1, -0.05) is 15.9 Å². The molecule has 0 bridgehead atoms. The number of alkyl halides is 3. The number of halogens is 3. The Labute approximate surface area is 97.0 Å². The minimum absolute atomic E-state index is 0.145. The summed E-state index contributed by atoms with van der Waals surface area (Å²) in [6, 6.07) is 2.36. The second-order valence-electron chi connectivity index (χ2n) is 2.70. The fourth-order valence-electron chi connectivity index (χ4n) is 1.11. The highest BCUT2D eigenvalue weighted by atomic mass is 79.9. The van der Waals surface area contributed by atoms with E-state index in [9.17, 15) is 18.9 Å². The third-order valence-corrected chi connectivity index (χ3v) is 2.32. The number of aromatic nitrogens is 1. The van der Waals surface area contributed by atoms with Gasteiger partial charge in [-0.2, -0.15) is 5.26 Å². The first-order valence-corrected chi connectivity index (χ1v) is 5.05. The summed E-state index contributed by atoms with van der Waals surface area (Å²) in [6.07, 6.45) is -3.10. The number of rotatable bonds is 3. The predicted octanol–water partition coefficient (Wildman–Crippen LogP) is 2.69. The molecule has 84 valence electrons. The van der Waals surface area contributed by atoms with E-state index < -0.39 is 28.3 Å². The summed E-state index contributed by atoms with van der Waals surface area (Å²) in [5.74, 6) is 0. The minimum Gasteiger partial charge on any atom is -0.258 e. The van der Waals surface area contributed by atoms with E-state index in [1.807, 2.05) is 0 Å². The zero-order valence-electron chi connectivity index (χ0n) is 7.65. The summed E-state index contributed by atoms with van der Waals surface area (Å²) < 4.78 is 25.1. The SMILES string of the molecule is N#Cc1nc(CBr)cc([N+](=O)[O-])c1C(F)F. The molecule has 0 aromatic carbocycles. The van der Waals surface area contributed by atoms with Gasteiger partial charge in [0.05, 0.1) is 10.6 Å². The highest BCUT2D eigenvalue weighted by molar-refractivity contribution is 9.08. The van der Waals surface area contributed by atoms with Crippen LogP contribution in [0.15, 0.2) is 6.07 Å². The van der Waals surface area contributed by atoms with Crippen LogP contribution in [-0.2, 0) is 5.33 Å². The standard InChI is InChI=1S/C8H4BrF2N3O2/c9-2-4-1-6(14(15)16)7(8(10)11)5(3-12)13-4/h1,8H,2H2. The van der Waals surface area contributed by atoms with Crippen molar-refractivity contribution in [3.63, 3.8) is 0 Å². The molecule has 0 fully saturated rings. The topological polar surface area (TPSA) is 79.8 Å². The molecule has 0 aliphatic rings. The normalized spacial score (nSPS) is 10.2. The van der Waals surface area contributed by atoms with Crippen LogP contribution in [0.3, 0.4) is 0 Å². The van der Waals surface area contributed by atoms with Crippen LogP contribution in [0.5, 0.6) is 0 Å². The number of pyridine rings is 1. The maximum absolute atomic E-state index is 12.6. The summed E-state index contributed by atoms with van der Waals surface area (Å²) >= 11 is 2.98. The summed E-state index contributed by atoms with van der Waals surface area (Å²) in [7, 11) is 0. The highest BCUT2D eigenvalue weighted by Gasteiger charge is 2.27. The van der Waals surface area contributed by atoms with Crippen LogP contribution < -0.4 is 0 Å². The van der Waals surface area contributed by atoms with Gasteiger partial charge < -0.3 is 0 Å². The molecule has 0 saturated carbocycles. The van der Waals surface area contributed by atoms with Crippen molar-refractivity contribution < 1.29 is 13.7 Å². The van der Waals surface area contributed by atoms with Gasteiger partial charge in [0, 0.05) is 11.4 Å². The van der Waals surface area contributed by atoms with E-state index in [0.29, 0.717) is 0 Å². The van der Waals surface area contributed by atoms with Crippen molar-refractivity contribution in [3.8, 4) is 6.07 Å². The molecule has 0 aliphatic carbocycles. The second-order valence-corrected chi connectivity index (χ2v) is 3.26. The molecule has 1 heterocycles. The van der Waals surface area contributed by atoms with Crippen molar-refractivity contribution in [3.05, 3.63) is 33.1 Å². The third kappa shape index (κ3) is 2.30. The first-order chi connectivity index (χ1) is 7.51. The molecule has 0 amide bonds. The molecule has 1 rings (SSSR count). The van der Waals surface area contributed by atoms with Gasteiger partial charge >= 0.3 is 0 Å². The average molecular weight is 292 g/mol. The van der Waals surface area contributed by atoms with Crippen molar-refractivity contribution in [2.24, 2.45) is 0 Å². The van der Waals surface area contributed by atoms with E-state index in [1.54, 1.807) is 0 Å². The number of nitro groups is 1. The molecule has 5 nitrogen and oxygen atoms in total. The van der Waals surface area contributed by atoms with Gasteiger partial charge in [0.1, 0.15) is 11.6 Å². The van der Waals surface area contributed by atoms with Gasteiger partial charge in [0.15, 0.2) is 5.69 Å². The van der Waals surface area contributed by atoms with Crippen molar-refractivity contribution in [1.29, 1.82) is 5.26 Å².